The minimum atomic E-state index is 0.476. The molecule has 1 unspecified atom stereocenters. The molecule has 0 spiro atoms. The second kappa shape index (κ2) is 4.94. The van der Waals surface area contributed by atoms with Crippen molar-refractivity contribution in [3.05, 3.63) is 0 Å². The molecular formula is C10H20N2O. The van der Waals surface area contributed by atoms with Crippen molar-refractivity contribution in [3.63, 3.8) is 0 Å². The van der Waals surface area contributed by atoms with Gasteiger partial charge >= 0.3 is 0 Å². The van der Waals surface area contributed by atoms with E-state index in [4.69, 9.17) is 4.74 Å². The van der Waals surface area contributed by atoms with Crippen LogP contribution in [-0.2, 0) is 4.74 Å². The molecule has 2 saturated heterocycles. The van der Waals surface area contributed by atoms with Crippen LogP contribution in [0.1, 0.15) is 19.3 Å². The lowest BCUT2D eigenvalue weighted by Crippen LogP contribution is -2.39. The van der Waals surface area contributed by atoms with Gasteiger partial charge < -0.3 is 15.4 Å². The Bertz CT molecular complexity index is 138. The highest BCUT2D eigenvalue weighted by Crippen LogP contribution is 2.19. The van der Waals surface area contributed by atoms with Crippen molar-refractivity contribution in [2.24, 2.45) is 5.92 Å². The molecule has 76 valence electrons. The van der Waals surface area contributed by atoms with E-state index in [0.29, 0.717) is 6.10 Å². The maximum Gasteiger partial charge on any atom is 0.0728 e. The first-order chi connectivity index (χ1) is 6.47. The van der Waals surface area contributed by atoms with Crippen LogP contribution in [0.4, 0.5) is 0 Å². The summed E-state index contributed by atoms with van der Waals surface area (Å²) in [4.78, 5) is 0. The molecule has 0 amide bonds. The van der Waals surface area contributed by atoms with E-state index in [2.05, 4.69) is 10.6 Å². The number of nitrogens with one attached hydrogen (secondary N) is 2. The molecule has 0 aromatic carbocycles. The summed E-state index contributed by atoms with van der Waals surface area (Å²) in [6.45, 7) is 5.47. The van der Waals surface area contributed by atoms with Gasteiger partial charge in [0.15, 0.2) is 0 Å². The molecule has 2 fully saturated rings. The van der Waals surface area contributed by atoms with Crippen LogP contribution in [0.3, 0.4) is 0 Å². The third kappa shape index (κ3) is 2.66. The van der Waals surface area contributed by atoms with Crippen molar-refractivity contribution < 1.29 is 4.74 Å². The first-order valence-electron chi connectivity index (χ1n) is 5.50. The van der Waals surface area contributed by atoms with Crippen LogP contribution in [0.5, 0.6) is 0 Å². The zero-order chi connectivity index (χ0) is 8.93. The number of hydrogen-bond acceptors (Lipinski definition) is 3. The first kappa shape index (κ1) is 9.44. The summed E-state index contributed by atoms with van der Waals surface area (Å²) in [5.41, 5.74) is 0. The molecule has 1 atom stereocenters. The highest BCUT2D eigenvalue weighted by Gasteiger charge is 2.24. The van der Waals surface area contributed by atoms with Gasteiger partial charge in [-0.1, -0.05) is 0 Å². The van der Waals surface area contributed by atoms with E-state index in [-0.39, 0.29) is 0 Å². The normalized spacial score (nSPS) is 32.8. The Kier molecular flexibility index (Phi) is 3.58. The maximum atomic E-state index is 5.85. The molecule has 13 heavy (non-hydrogen) atoms. The fourth-order valence-corrected chi connectivity index (χ4v) is 2.25. The molecule has 0 aromatic rings. The van der Waals surface area contributed by atoms with Crippen molar-refractivity contribution in [3.8, 4) is 0 Å². The van der Waals surface area contributed by atoms with Crippen molar-refractivity contribution in [1.82, 2.24) is 10.6 Å². The zero-order valence-electron chi connectivity index (χ0n) is 8.22. The van der Waals surface area contributed by atoms with E-state index in [1.165, 1.54) is 32.4 Å². The SMILES string of the molecule is C1CNCC(C2CCNCC2)OC1. The third-order valence-corrected chi connectivity index (χ3v) is 3.08. The molecular weight excluding hydrogens is 164 g/mol. The topological polar surface area (TPSA) is 33.3 Å². The van der Waals surface area contributed by atoms with Crippen molar-refractivity contribution in [2.45, 2.75) is 25.4 Å². The van der Waals surface area contributed by atoms with Gasteiger partial charge in [-0.2, -0.15) is 0 Å². The Morgan fingerprint density at radius 2 is 1.85 bits per heavy atom. The summed E-state index contributed by atoms with van der Waals surface area (Å²) < 4.78 is 5.85. The summed E-state index contributed by atoms with van der Waals surface area (Å²) in [6.07, 6.45) is 4.21. The van der Waals surface area contributed by atoms with E-state index in [0.717, 1.165) is 25.6 Å². The van der Waals surface area contributed by atoms with E-state index in [9.17, 15) is 0 Å². The molecule has 3 nitrogen and oxygen atoms in total. The Labute approximate surface area is 80.2 Å². The molecule has 2 heterocycles. The number of ether oxygens (including phenoxy) is 1. The van der Waals surface area contributed by atoms with Crippen LogP contribution < -0.4 is 10.6 Å². The predicted molar refractivity (Wildman–Crippen MR) is 52.8 cm³/mol. The van der Waals surface area contributed by atoms with E-state index >= 15 is 0 Å². The fraction of sp³-hybridized carbons (Fsp3) is 1.00. The Hall–Kier alpha value is -0.120. The monoisotopic (exact) mass is 184 g/mol. The van der Waals surface area contributed by atoms with Crippen LogP contribution in [0.2, 0.25) is 0 Å². The van der Waals surface area contributed by atoms with E-state index < -0.39 is 0 Å². The predicted octanol–water partition coefficient (Wildman–Crippen LogP) is 0.364. The molecule has 0 aromatic heterocycles. The molecule has 3 heteroatoms. The molecule has 0 saturated carbocycles. The molecule has 2 N–H and O–H groups in total. The molecule has 0 radical (unpaired) electrons. The van der Waals surface area contributed by atoms with Crippen molar-refractivity contribution in [2.75, 3.05) is 32.8 Å². The highest BCUT2D eigenvalue weighted by molar-refractivity contribution is 4.79. The van der Waals surface area contributed by atoms with Gasteiger partial charge in [-0.05, 0) is 44.8 Å². The number of piperidine rings is 1. The highest BCUT2D eigenvalue weighted by atomic mass is 16.5. The zero-order valence-corrected chi connectivity index (χ0v) is 8.22. The van der Waals surface area contributed by atoms with E-state index in [1.807, 2.05) is 0 Å². The van der Waals surface area contributed by atoms with Gasteiger partial charge in [-0.3, -0.25) is 0 Å². The van der Waals surface area contributed by atoms with Gasteiger partial charge in [0.2, 0.25) is 0 Å². The van der Waals surface area contributed by atoms with E-state index in [1.54, 1.807) is 0 Å². The largest absolute Gasteiger partial charge is 0.377 e. The Morgan fingerprint density at radius 1 is 1.00 bits per heavy atom. The molecule has 0 bridgehead atoms. The van der Waals surface area contributed by atoms with Crippen molar-refractivity contribution in [1.29, 1.82) is 0 Å². The number of hydrogen-bond donors (Lipinski definition) is 2. The molecule has 2 aliphatic heterocycles. The Balaban J connectivity index is 1.82. The summed E-state index contributed by atoms with van der Waals surface area (Å²) in [5.74, 6) is 0.784. The van der Waals surface area contributed by atoms with Gasteiger partial charge in [-0.25, -0.2) is 0 Å². The van der Waals surface area contributed by atoms with Gasteiger partial charge in [0, 0.05) is 13.2 Å². The lowest BCUT2D eigenvalue weighted by atomic mass is 9.92. The minimum Gasteiger partial charge on any atom is -0.377 e. The number of rotatable bonds is 1. The van der Waals surface area contributed by atoms with Crippen LogP contribution in [0, 0.1) is 5.92 Å². The van der Waals surface area contributed by atoms with Crippen LogP contribution in [0.15, 0.2) is 0 Å². The lowest BCUT2D eigenvalue weighted by Gasteiger charge is -2.29. The van der Waals surface area contributed by atoms with Crippen LogP contribution >= 0.6 is 0 Å². The van der Waals surface area contributed by atoms with Gasteiger partial charge in [0.25, 0.3) is 0 Å². The molecule has 0 aliphatic carbocycles. The summed E-state index contributed by atoms with van der Waals surface area (Å²) in [7, 11) is 0. The smallest absolute Gasteiger partial charge is 0.0728 e. The second-order valence-corrected chi connectivity index (χ2v) is 4.05. The Morgan fingerprint density at radius 3 is 2.69 bits per heavy atom. The van der Waals surface area contributed by atoms with Gasteiger partial charge in [-0.15, -0.1) is 0 Å². The summed E-state index contributed by atoms with van der Waals surface area (Å²) >= 11 is 0. The molecule has 2 aliphatic rings. The summed E-state index contributed by atoms with van der Waals surface area (Å²) in [5, 5.41) is 6.84. The average Bonchev–Trinajstić information content (AvgIpc) is 2.47. The lowest BCUT2D eigenvalue weighted by molar-refractivity contribution is 0.0148. The standard InChI is InChI=1S/C10H20N2O/c1-4-12-8-10(13-7-1)9-2-5-11-6-3-9/h9-12H,1-8H2. The maximum absolute atomic E-state index is 5.85. The van der Waals surface area contributed by atoms with Gasteiger partial charge in [0.1, 0.15) is 0 Å². The minimum absolute atomic E-state index is 0.476. The quantitative estimate of drug-likeness (QED) is 0.617. The fourth-order valence-electron chi connectivity index (χ4n) is 2.25. The summed E-state index contributed by atoms with van der Waals surface area (Å²) in [6, 6.07) is 0. The molecule has 2 rings (SSSR count). The first-order valence-corrected chi connectivity index (χ1v) is 5.50. The van der Waals surface area contributed by atoms with Crippen LogP contribution in [0.25, 0.3) is 0 Å². The van der Waals surface area contributed by atoms with Crippen LogP contribution in [-0.4, -0.2) is 38.9 Å². The average molecular weight is 184 g/mol. The second-order valence-electron chi connectivity index (χ2n) is 4.05. The van der Waals surface area contributed by atoms with Crippen molar-refractivity contribution >= 4 is 0 Å². The third-order valence-electron chi connectivity index (χ3n) is 3.08. The van der Waals surface area contributed by atoms with Gasteiger partial charge in [0.05, 0.1) is 6.10 Å².